The van der Waals surface area contributed by atoms with Gasteiger partial charge in [-0.2, -0.15) is 5.26 Å². The molecule has 2 aliphatic rings. The second-order valence-corrected chi connectivity index (χ2v) is 6.68. The van der Waals surface area contributed by atoms with E-state index in [9.17, 15) is 34.2 Å². The fraction of sp³-hybridized carbons (Fsp3) is 0.333. The van der Waals surface area contributed by atoms with E-state index in [0.717, 1.165) is 6.07 Å². The number of carboxylic acids is 1. The number of carbonyl (C=O) groups is 1. The first kappa shape index (κ1) is 20.8. The van der Waals surface area contributed by atoms with Crippen LogP contribution in [0.5, 0.6) is 17.2 Å². The second-order valence-electron chi connectivity index (χ2n) is 6.68. The number of aromatic nitrogens is 1. The van der Waals surface area contributed by atoms with Gasteiger partial charge < -0.3 is 44.4 Å². The first-order chi connectivity index (χ1) is 14.6. The van der Waals surface area contributed by atoms with Gasteiger partial charge in [-0.25, -0.2) is 4.79 Å². The Labute approximate surface area is 171 Å². The second kappa shape index (κ2) is 7.36. The number of halogens is 2. The van der Waals surface area contributed by atoms with Crippen molar-refractivity contribution in [2.75, 3.05) is 0 Å². The summed E-state index contributed by atoms with van der Waals surface area (Å²) in [7, 11) is 0. The van der Waals surface area contributed by atoms with Gasteiger partial charge in [0, 0.05) is 23.5 Å². The van der Waals surface area contributed by atoms with Crippen LogP contribution < -0.4 is 14.2 Å². The number of nitrogens with zero attached hydrogens (tertiary/aromatic N) is 1. The number of aliphatic carboxylic acids is 1. The summed E-state index contributed by atoms with van der Waals surface area (Å²) in [4.78, 5) is 13.9. The fourth-order valence-corrected chi connectivity index (χ4v) is 3.26. The maximum Gasteiger partial charge on any atom is 0.586 e. The summed E-state index contributed by atoms with van der Waals surface area (Å²) in [5.41, 5.74) is 0.452. The fourth-order valence-electron chi connectivity index (χ4n) is 3.26. The molecule has 1 fully saturated rings. The summed E-state index contributed by atoms with van der Waals surface area (Å²) in [5.74, 6) is -3.15. The van der Waals surface area contributed by atoms with Gasteiger partial charge >= 0.3 is 12.3 Å². The molecule has 4 rings (SSSR count). The lowest BCUT2D eigenvalue weighted by Crippen LogP contribution is -2.61. The van der Waals surface area contributed by atoms with Crippen molar-refractivity contribution in [2.24, 2.45) is 0 Å². The number of nitriles is 1. The SMILES string of the molecule is N#Cc1c[nH]cc1-c1ccc(O[C@@H]2O[C@H](C(=O)O)[C@@H](O)[C@H](O)[C@H]2O)c2c1OC(F)(F)O2. The molecule has 5 atom stereocenters. The molecule has 11 nitrogen and oxygen atoms in total. The minimum atomic E-state index is -4.08. The molecular weight excluding hydrogens is 426 g/mol. The Morgan fingerprint density at radius 3 is 2.48 bits per heavy atom. The Kier molecular flexibility index (Phi) is 4.94. The van der Waals surface area contributed by atoms with Crippen LogP contribution in [0, 0.1) is 11.3 Å². The van der Waals surface area contributed by atoms with Crippen LogP contribution in [0.3, 0.4) is 0 Å². The molecule has 31 heavy (non-hydrogen) atoms. The highest BCUT2D eigenvalue weighted by Crippen LogP contribution is 2.53. The van der Waals surface area contributed by atoms with Crippen molar-refractivity contribution in [3.63, 3.8) is 0 Å². The van der Waals surface area contributed by atoms with Crippen LogP contribution in [0.15, 0.2) is 24.5 Å². The van der Waals surface area contributed by atoms with E-state index in [2.05, 4.69) is 14.5 Å². The lowest BCUT2D eigenvalue weighted by atomic mass is 9.99. The molecule has 0 amide bonds. The number of aliphatic hydroxyl groups is 3. The largest absolute Gasteiger partial charge is 0.586 e. The molecule has 2 aliphatic heterocycles. The summed E-state index contributed by atoms with van der Waals surface area (Å²) in [6.45, 7) is 0. The van der Waals surface area contributed by atoms with Gasteiger partial charge in [0.1, 0.15) is 24.4 Å². The van der Waals surface area contributed by atoms with E-state index in [1.165, 1.54) is 18.5 Å². The highest BCUT2D eigenvalue weighted by Gasteiger charge is 2.50. The minimum Gasteiger partial charge on any atom is -0.479 e. The van der Waals surface area contributed by atoms with Crippen LogP contribution in [-0.2, 0) is 9.53 Å². The molecule has 0 saturated carbocycles. The summed E-state index contributed by atoms with van der Waals surface area (Å²) in [6.07, 6.45) is -11.0. The molecule has 164 valence electrons. The lowest BCUT2D eigenvalue weighted by molar-refractivity contribution is -0.288. The third-order valence-electron chi connectivity index (χ3n) is 4.73. The zero-order valence-corrected chi connectivity index (χ0v) is 15.2. The number of hydrogen-bond acceptors (Lipinski definition) is 9. The molecule has 0 bridgehead atoms. The molecule has 2 aromatic rings. The normalized spacial score (nSPS) is 28.7. The van der Waals surface area contributed by atoms with Crippen molar-refractivity contribution in [1.82, 2.24) is 4.98 Å². The van der Waals surface area contributed by atoms with E-state index in [1.807, 2.05) is 6.07 Å². The maximum absolute atomic E-state index is 13.9. The molecule has 1 aromatic carbocycles. The number of hydrogen-bond donors (Lipinski definition) is 5. The van der Waals surface area contributed by atoms with E-state index in [1.54, 1.807) is 0 Å². The van der Waals surface area contributed by atoms with Gasteiger partial charge in [-0.3, -0.25) is 0 Å². The van der Waals surface area contributed by atoms with Crippen LogP contribution in [0.1, 0.15) is 5.56 Å². The van der Waals surface area contributed by atoms with Crippen molar-refractivity contribution in [3.05, 3.63) is 30.1 Å². The summed E-state index contributed by atoms with van der Waals surface area (Å²) in [6, 6.07) is 4.32. The van der Waals surface area contributed by atoms with Crippen LogP contribution in [-0.4, -0.2) is 68.4 Å². The van der Waals surface area contributed by atoms with Gasteiger partial charge in [0.05, 0.1) is 5.56 Å². The topological polar surface area (TPSA) is 174 Å². The Morgan fingerprint density at radius 2 is 1.81 bits per heavy atom. The molecule has 3 heterocycles. The molecule has 13 heteroatoms. The number of aromatic amines is 1. The Bertz CT molecular complexity index is 1070. The molecule has 0 unspecified atom stereocenters. The maximum atomic E-state index is 13.9. The third kappa shape index (κ3) is 3.51. The number of alkyl halides is 2. The quantitative estimate of drug-likeness (QED) is 0.440. The van der Waals surface area contributed by atoms with Crippen molar-refractivity contribution in [2.45, 2.75) is 37.0 Å². The van der Waals surface area contributed by atoms with Crippen LogP contribution in [0.25, 0.3) is 11.1 Å². The number of fused-ring (bicyclic) bond motifs is 1. The number of rotatable bonds is 4. The van der Waals surface area contributed by atoms with Gasteiger partial charge in [-0.1, -0.05) is 0 Å². The monoisotopic (exact) mass is 440 g/mol. The van der Waals surface area contributed by atoms with Crippen LogP contribution in [0.2, 0.25) is 0 Å². The molecule has 1 aromatic heterocycles. The number of ether oxygens (including phenoxy) is 4. The van der Waals surface area contributed by atoms with E-state index >= 15 is 0 Å². The zero-order valence-electron chi connectivity index (χ0n) is 15.2. The number of carboxylic acid groups (broad SMARTS) is 1. The van der Waals surface area contributed by atoms with Gasteiger partial charge in [0.25, 0.3) is 0 Å². The molecule has 0 radical (unpaired) electrons. The summed E-state index contributed by atoms with van der Waals surface area (Å²) < 4.78 is 47.1. The van der Waals surface area contributed by atoms with Gasteiger partial charge in [0.2, 0.25) is 12.0 Å². The van der Waals surface area contributed by atoms with E-state index in [-0.39, 0.29) is 16.7 Å². The summed E-state index contributed by atoms with van der Waals surface area (Å²) >= 11 is 0. The third-order valence-corrected chi connectivity index (χ3v) is 4.73. The zero-order chi connectivity index (χ0) is 22.5. The standard InChI is InChI=1S/C18H14F2N2O9/c19-18(20)30-13-7(8-5-22-4-6(8)3-21)1-2-9(14(13)31-18)28-17-12(25)10(23)11(24)15(29-17)16(26)27/h1-2,4-5,10-12,15,17,22-25H,(H,26,27)/t10-,11-,12+,15-,17+/m0/s1. The van der Waals surface area contributed by atoms with Gasteiger partial charge in [0.15, 0.2) is 17.6 Å². The van der Waals surface area contributed by atoms with Crippen molar-refractivity contribution < 1.29 is 52.9 Å². The lowest BCUT2D eigenvalue weighted by Gasteiger charge is -2.38. The Hall–Kier alpha value is -3.44. The number of H-pyrrole nitrogens is 1. The average molecular weight is 440 g/mol. The van der Waals surface area contributed by atoms with Crippen molar-refractivity contribution >= 4 is 5.97 Å². The van der Waals surface area contributed by atoms with Gasteiger partial charge in [-0.05, 0) is 12.1 Å². The average Bonchev–Trinajstić information content (AvgIpc) is 3.31. The molecule has 0 spiro atoms. The highest BCUT2D eigenvalue weighted by molar-refractivity contribution is 5.80. The van der Waals surface area contributed by atoms with E-state index in [4.69, 9.17) is 14.6 Å². The van der Waals surface area contributed by atoms with E-state index < -0.39 is 60.2 Å². The number of benzene rings is 1. The minimum absolute atomic E-state index is 0.0707. The van der Waals surface area contributed by atoms with Gasteiger partial charge in [-0.15, -0.1) is 8.78 Å². The highest BCUT2D eigenvalue weighted by atomic mass is 19.3. The molecular formula is C18H14F2N2O9. The first-order valence-corrected chi connectivity index (χ1v) is 8.72. The Morgan fingerprint density at radius 1 is 1.10 bits per heavy atom. The molecule has 1 saturated heterocycles. The smallest absolute Gasteiger partial charge is 0.479 e. The van der Waals surface area contributed by atoms with Crippen molar-refractivity contribution in [1.29, 1.82) is 5.26 Å². The van der Waals surface area contributed by atoms with Crippen molar-refractivity contribution in [3.8, 4) is 34.4 Å². The molecule has 5 N–H and O–H groups in total. The predicted octanol–water partition coefficient (Wildman–Crippen LogP) is 0.146. The summed E-state index contributed by atoms with van der Waals surface area (Å²) in [5, 5.41) is 48.0. The van der Waals surface area contributed by atoms with Crippen LogP contribution >= 0.6 is 0 Å². The number of nitrogens with one attached hydrogen (secondary N) is 1. The van der Waals surface area contributed by atoms with Crippen LogP contribution in [0.4, 0.5) is 8.78 Å². The predicted molar refractivity (Wildman–Crippen MR) is 92.1 cm³/mol. The Balaban J connectivity index is 1.71. The number of aliphatic hydroxyl groups excluding tert-OH is 3. The first-order valence-electron chi connectivity index (χ1n) is 8.72. The molecule has 0 aliphatic carbocycles. The van der Waals surface area contributed by atoms with E-state index in [0.29, 0.717) is 0 Å².